The summed E-state index contributed by atoms with van der Waals surface area (Å²) in [7, 11) is 0. The number of aliphatic hydroxyl groups excluding tert-OH is 4. The van der Waals surface area contributed by atoms with E-state index in [1.165, 1.54) is 0 Å². The Morgan fingerprint density at radius 1 is 1.10 bits per heavy atom. The maximum absolute atomic E-state index is 11.9. The summed E-state index contributed by atoms with van der Waals surface area (Å²) in [4.78, 5) is 11.9. The molecule has 2 rings (SSSR count). The van der Waals surface area contributed by atoms with Crippen LogP contribution in [-0.2, 0) is 9.47 Å². The fourth-order valence-corrected chi connectivity index (χ4v) is 2.07. The van der Waals surface area contributed by atoms with E-state index in [0.717, 1.165) is 0 Å². The van der Waals surface area contributed by atoms with Gasteiger partial charge in [-0.15, -0.1) is 0 Å². The van der Waals surface area contributed by atoms with Crippen molar-refractivity contribution in [2.24, 2.45) is 0 Å². The van der Waals surface area contributed by atoms with E-state index in [1.54, 1.807) is 30.3 Å². The topological polar surface area (TPSA) is 116 Å². The van der Waals surface area contributed by atoms with Crippen molar-refractivity contribution in [1.82, 2.24) is 0 Å². The zero-order chi connectivity index (χ0) is 15.4. The van der Waals surface area contributed by atoms with Crippen LogP contribution in [0.1, 0.15) is 10.4 Å². The largest absolute Gasteiger partial charge is 0.394 e. The minimum Gasteiger partial charge on any atom is -0.394 e. The molecule has 7 nitrogen and oxygen atoms in total. The third-order valence-electron chi connectivity index (χ3n) is 3.32. The van der Waals surface area contributed by atoms with Gasteiger partial charge in [0.25, 0.3) is 0 Å². The molecule has 5 atom stereocenters. The molecule has 1 aliphatic heterocycles. The molecule has 1 saturated heterocycles. The average molecular weight is 298 g/mol. The summed E-state index contributed by atoms with van der Waals surface area (Å²) >= 11 is 0. The van der Waals surface area contributed by atoms with Crippen molar-refractivity contribution in [1.29, 1.82) is 0 Å². The summed E-state index contributed by atoms with van der Waals surface area (Å²) in [5.74, 6) is -0.312. The Morgan fingerprint density at radius 3 is 2.38 bits per heavy atom. The monoisotopic (exact) mass is 298 g/mol. The number of benzene rings is 1. The molecule has 7 heteroatoms. The lowest BCUT2D eigenvalue weighted by Gasteiger charge is -2.39. The summed E-state index contributed by atoms with van der Waals surface area (Å²) in [6.45, 7) is -0.899. The molecule has 21 heavy (non-hydrogen) atoms. The van der Waals surface area contributed by atoms with Crippen LogP contribution in [0.3, 0.4) is 0 Å². The number of hydrogen-bond donors (Lipinski definition) is 4. The maximum atomic E-state index is 11.9. The number of carbonyl (C=O) groups is 1. The third kappa shape index (κ3) is 3.65. The molecule has 1 aromatic carbocycles. The van der Waals surface area contributed by atoms with Crippen molar-refractivity contribution in [2.75, 3.05) is 13.2 Å². The molecule has 0 bridgehead atoms. The Labute approximate surface area is 121 Å². The van der Waals surface area contributed by atoms with Crippen LogP contribution >= 0.6 is 0 Å². The second-order valence-corrected chi connectivity index (χ2v) is 4.80. The summed E-state index contributed by atoms with van der Waals surface area (Å²) < 4.78 is 10.3. The number of aliphatic hydroxyl groups is 4. The van der Waals surface area contributed by atoms with Gasteiger partial charge in [-0.1, -0.05) is 30.3 Å². The third-order valence-corrected chi connectivity index (χ3v) is 3.32. The summed E-state index contributed by atoms with van der Waals surface area (Å²) in [5, 5.41) is 38.0. The predicted molar refractivity (Wildman–Crippen MR) is 70.5 cm³/mol. The smallest absolute Gasteiger partial charge is 0.188 e. The highest BCUT2D eigenvalue weighted by molar-refractivity contribution is 5.96. The molecule has 116 valence electrons. The molecule has 0 unspecified atom stereocenters. The Balaban J connectivity index is 1.94. The molecule has 4 N–H and O–H groups in total. The van der Waals surface area contributed by atoms with Crippen LogP contribution in [0.25, 0.3) is 0 Å². The first-order chi connectivity index (χ1) is 10.0. The molecular weight excluding hydrogens is 280 g/mol. The second-order valence-electron chi connectivity index (χ2n) is 4.80. The van der Waals surface area contributed by atoms with Crippen LogP contribution in [0, 0.1) is 0 Å². The molecule has 0 saturated carbocycles. The number of carbonyl (C=O) groups excluding carboxylic acids is 1. The van der Waals surface area contributed by atoms with Crippen LogP contribution in [-0.4, -0.2) is 70.1 Å². The standard InChI is InChI=1S/C14H18O7/c15-6-10-11(17)12(18)13(19)14(21-10)20-7-9(16)8-4-2-1-3-5-8/h1-5,10-15,17-19H,6-7H2/t10-,11+,12+,13-,14-/m1/s1. The minimum absolute atomic E-state index is 0.312. The van der Waals surface area contributed by atoms with E-state index in [-0.39, 0.29) is 12.4 Å². The SMILES string of the molecule is O=C(CO[C@@H]1O[C@H](CO)[C@H](O)[C@H](O)[C@H]1O)c1ccccc1. The molecule has 1 heterocycles. The van der Waals surface area contributed by atoms with Crippen molar-refractivity contribution in [3.63, 3.8) is 0 Å². The van der Waals surface area contributed by atoms with Crippen molar-refractivity contribution in [3.8, 4) is 0 Å². The fourth-order valence-electron chi connectivity index (χ4n) is 2.07. The molecule has 0 radical (unpaired) electrons. The van der Waals surface area contributed by atoms with Gasteiger partial charge in [0.15, 0.2) is 12.1 Å². The van der Waals surface area contributed by atoms with E-state index in [1.807, 2.05) is 0 Å². The van der Waals surface area contributed by atoms with Gasteiger partial charge in [-0.05, 0) is 0 Å². The first-order valence-corrected chi connectivity index (χ1v) is 6.55. The van der Waals surface area contributed by atoms with E-state index in [2.05, 4.69) is 0 Å². The van der Waals surface area contributed by atoms with Crippen LogP contribution in [0.4, 0.5) is 0 Å². The van der Waals surface area contributed by atoms with Gasteiger partial charge in [0, 0.05) is 5.56 Å². The zero-order valence-electron chi connectivity index (χ0n) is 11.2. The normalized spacial score (nSPS) is 32.9. The van der Waals surface area contributed by atoms with E-state index >= 15 is 0 Å². The number of Topliss-reactive ketones (excluding diaryl/α,β-unsaturated/α-hetero) is 1. The number of rotatable bonds is 5. The van der Waals surface area contributed by atoms with Gasteiger partial charge in [0.2, 0.25) is 0 Å². The summed E-state index contributed by atoms with van der Waals surface area (Å²) in [6, 6.07) is 8.44. The first kappa shape index (κ1) is 16.0. The van der Waals surface area contributed by atoms with Gasteiger partial charge in [-0.25, -0.2) is 0 Å². The highest BCUT2D eigenvalue weighted by Crippen LogP contribution is 2.22. The van der Waals surface area contributed by atoms with Gasteiger partial charge in [0.05, 0.1) is 6.61 Å². The van der Waals surface area contributed by atoms with E-state index in [4.69, 9.17) is 14.6 Å². The molecular formula is C14H18O7. The molecule has 0 aromatic heterocycles. The Bertz CT molecular complexity index is 462. The first-order valence-electron chi connectivity index (χ1n) is 6.55. The molecule has 0 spiro atoms. The van der Waals surface area contributed by atoms with Gasteiger partial charge in [-0.3, -0.25) is 4.79 Å². The zero-order valence-corrected chi connectivity index (χ0v) is 11.2. The maximum Gasteiger partial charge on any atom is 0.188 e. The number of ketones is 1. The van der Waals surface area contributed by atoms with Crippen molar-refractivity contribution >= 4 is 5.78 Å². The summed E-state index contributed by atoms with van der Waals surface area (Å²) in [5.41, 5.74) is 0.446. The lowest BCUT2D eigenvalue weighted by Crippen LogP contribution is -2.59. The molecule has 1 aromatic rings. The molecule has 1 fully saturated rings. The van der Waals surface area contributed by atoms with Crippen LogP contribution in [0.15, 0.2) is 30.3 Å². The Hall–Kier alpha value is -1.35. The fraction of sp³-hybridized carbons (Fsp3) is 0.500. The van der Waals surface area contributed by atoms with Crippen molar-refractivity contribution < 1.29 is 34.7 Å². The number of ether oxygens (including phenoxy) is 2. The van der Waals surface area contributed by atoms with E-state index < -0.39 is 37.3 Å². The van der Waals surface area contributed by atoms with Crippen LogP contribution in [0.5, 0.6) is 0 Å². The second kappa shape index (κ2) is 7.08. The molecule has 0 amide bonds. The Morgan fingerprint density at radius 2 is 1.76 bits per heavy atom. The lowest BCUT2D eigenvalue weighted by molar-refractivity contribution is -0.298. The molecule has 1 aliphatic rings. The van der Waals surface area contributed by atoms with Gasteiger partial charge < -0.3 is 29.9 Å². The highest BCUT2D eigenvalue weighted by Gasteiger charge is 2.44. The van der Waals surface area contributed by atoms with Crippen LogP contribution < -0.4 is 0 Å². The summed E-state index contributed by atoms with van der Waals surface area (Å²) in [6.07, 6.45) is -6.83. The van der Waals surface area contributed by atoms with Gasteiger partial charge in [-0.2, -0.15) is 0 Å². The average Bonchev–Trinajstić information content (AvgIpc) is 2.52. The highest BCUT2D eigenvalue weighted by atomic mass is 16.7. The Kier molecular flexibility index (Phi) is 5.40. The predicted octanol–water partition coefficient (Wildman–Crippen LogP) is -1.31. The minimum atomic E-state index is -1.52. The number of hydrogen-bond acceptors (Lipinski definition) is 7. The molecule has 0 aliphatic carbocycles. The van der Waals surface area contributed by atoms with E-state index in [9.17, 15) is 20.1 Å². The van der Waals surface area contributed by atoms with Gasteiger partial charge in [0.1, 0.15) is 31.0 Å². The van der Waals surface area contributed by atoms with Gasteiger partial charge >= 0.3 is 0 Å². The lowest BCUT2D eigenvalue weighted by atomic mass is 9.99. The quantitative estimate of drug-likeness (QED) is 0.498. The van der Waals surface area contributed by atoms with Crippen LogP contribution in [0.2, 0.25) is 0 Å². The van der Waals surface area contributed by atoms with Crippen molar-refractivity contribution in [3.05, 3.63) is 35.9 Å². The van der Waals surface area contributed by atoms with E-state index in [0.29, 0.717) is 5.56 Å². The van der Waals surface area contributed by atoms with Crippen molar-refractivity contribution in [2.45, 2.75) is 30.7 Å².